The highest BCUT2D eigenvalue weighted by Gasteiger charge is 2.30. The maximum atomic E-state index is 13.5. The number of aromatic nitrogens is 2. The summed E-state index contributed by atoms with van der Waals surface area (Å²) in [5.74, 6) is -0.534. The molecule has 0 radical (unpaired) electrons. The number of hydrogen-bond donors (Lipinski definition) is 1. The van der Waals surface area contributed by atoms with Crippen LogP contribution in [0.3, 0.4) is 0 Å². The van der Waals surface area contributed by atoms with Crippen LogP contribution < -0.4 is 5.56 Å². The molecule has 0 fully saturated rings. The highest BCUT2D eigenvalue weighted by atomic mass is 32.2. The summed E-state index contributed by atoms with van der Waals surface area (Å²) in [5.41, 5.74) is 0.203. The Labute approximate surface area is 140 Å². The number of nitrogens with zero attached hydrogens (tertiary/aromatic N) is 3. The Kier molecular flexibility index (Phi) is 3.07. The van der Waals surface area contributed by atoms with E-state index >= 15 is 0 Å². The van der Waals surface area contributed by atoms with Crippen LogP contribution in [-0.2, 0) is 9.84 Å². The lowest BCUT2D eigenvalue weighted by molar-refractivity contribution is 0.319. The Bertz CT molecular complexity index is 1260. The predicted molar refractivity (Wildman–Crippen MR) is 87.8 cm³/mol. The van der Waals surface area contributed by atoms with Crippen molar-refractivity contribution in [3.8, 4) is 5.69 Å². The minimum atomic E-state index is -3.49. The third-order valence-corrected chi connectivity index (χ3v) is 5.15. The summed E-state index contributed by atoms with van der Waals surface area (Å²) in [5, 5.41) is 12.7. The zero-order chi connectivity index (χ0) is 17.9. The number of sulfone groups is 1. The fraction of sp³-hybridized carbons (Fsp3) is 0.0625. The lowest BCUT2D eigenvalue weighted by Crippen LogP contribution is -2.21. The normalized spacial score (nSPS) is 14.7. The van der Waals surface area contributed by atoms with Crippen molar-refractivity contribution in [3.63, 3.8) is 0 Å². The van der Waals surface area contributed by atoms with Crippen molar-refractivity contribution in [1.29, 1.82) is 0 Å². The zero-order valence-electron chi connectivity index (χ0n) is 12.8. The van der Waals surface area contributed by atoms with Gasteiger partial charge in [0.25, 0.3) is 5.56 Å². The van der Waals surface area contributed by atoms with Crippen LogP contribution in [0.15, 0.2) is 51.2 Å². The van der Waals surface area contributed by atoms with Crippen molar-refractivity contribution in [1.82, 2.24) is 9.55 Å². The van der Waals surface area contributed by atoms with Gasteiger partial charge in [0, 0.05) is 17.9 Å². The quantitative estimate of drug-likeness (QED) is 0.410. The van der Waals surface area contributed by atoms with Gasteiger partial charge in [-0.2, -0.15) is 0 Å². The Hall–Kier alpha value is -3.07. The lowest BCUT2D eigenvalue weighted by atomic mass is 10.1. The molecule has 0 amide bonds. The van der Waals surface area contributed by atoms with Gasteiger partial charge in [0.05, 0.1) is 21.5 Å². The van der Waals surface area contributed by atoms with Gasteiger partial charge in [-0.25, -0.2) is 17.8 Å². The molecule has 1 N–H and O–H groups in total. The average Bonchev–Trinajstić information content (AvgIpc) is 2.86. The van der Waals surface area contributed by atoms with Crippen LogP contribution in [0.4, 0.5) is 4.39 Å². The Morgan fingerprint density at radius 2 is 1.96 bits per heavy atom. The van der Waals surface area contributed by atoms with Crippen LogP contribution in [-0.4, -0.2) is 35.1 Å². The van der Waals surface area contributed by atoms with Crippen molar-refractivity contribution in [2.75, 3.05) is 6.26 Å². The fourth-order valence-corrected chi connectivity index (χ4v) is 3.54. The molecule has 4 rings (SSSR count). The van der Waals surface area contributed by atoms with E-state index in [1.54, 1.807) is 0 Å². The first-order chi connectivity index (χ1) is 11.8. The van der Waals surface area contributed by atoms with E-state index in [1.807, 2.05) is 0 Å². The largest absolute Gasteiger partial charge is 0.410 e. The molecule has 0 bridgehead atoms. The summed E-state index contributed by atoms with van der Waals surface area (Å²) in [7, 11) is -3.49. The van der Waals surface area contributed by atoms with Crippen LogP contribution in [0, 0.1) is 5.82 Å². The van der Waals surface area contributed by atoms with E-state index in [4.69, 9.17) is 0 Å². The molecule has 0 unspecified atom stereocenters. The predicted octanol–water partition coefficient (Wildman–Crippen LogP) is 1.47. The monoisotopic (exact) mass is 359 g/mol. The van der Waals surface area contributed by atoms with Gasteiger partial charge >= 0.3 is 0 Å². The molecule has 1 aromatic heterocycles. The highest BCUT2D eigenvalue weighted by molar-refractivity contribution is 7.90. The Balaban J connectivity index is 2.12. The van der Waals surface area contributed by atoms with Gasteiger partial charge in [-0.1, -0.05) is 5.16 Å². The van der Waals surface area contributed by atoms with Crippen molar-refractivity contribution < 1.29 is 18.0 Å². The number of rotatable bonds is 1. The molecule has 0 aliphatic carbocycles. The van der Waals surface area contributed by atoms with Crippen LogP contribution in [0.2, 0.25) is 0 Å². The minimum Gasteiger partial charge on any atom is -0.410 e. The number of hydrogen-bond acceptors (Lipinski definition) is 6. The average molecular weight is 359 g/mol. The molecule has 0 saturated carbocycles. The van der Waals surface area contributed by atoms with Crippen molar-refractivity contribution in [3.05, 3.63) is 64.0 Å². The SMILES string of the molecule is CS(=O)(=O)c1ccc2c(c1)/C(=N\O)c1nc3cc(F)ccc3c(=O)n1-2. The molecule has 0 spiro atoms. The molecule has 3 aromatic rings. The van der Waals surface area contributed by atoms with E-state index in [-0.39, 0.29) is 32.9 Å². The number of halogens is 1. The van der Waals surface area contributed by atoms with Crippen LogP contribution in [0.25, 0.3) is 16.6 Å². The van der Waals surface area contributed by atoms with Crippen LogP contribution >= 0.6 is 0 Å². The molecule has 0 saturated heterocycles. The smallest absolute Gasteiger partial charge is 0.266 e. The van der Waals surface area contributed by atoms with Gasteiger partial charge in [-0.15, -0.1) is 0 Å². The van der Waals surface area contributed by atoms with E-state index in [0.717, 1.165) is 18.4 Å². The summed E-state index contributed by atoms with van der Waals surface area (Å²) in [4.78, 5) is 17.0. The summed E-state index contributed by atoms with van der Waals surface area (Å²) in [6.07, 6.45) is 1.05. The number of oxime groups is 1. The summed E-state index contributed by atoms with van der Waals surface area (Å²) < 4.78 is 38.2. The van der Waals surface area contributed by atoms with E-state index in [0.29, 0.717) is 5.69 Å². The molecule has 9 heteroatoms. The van der Waals surface area contributed by atoms with Gasteiger partial charge in [-0.3, -0.25) is 9.36 Å². The second-order valence-electron chi connectivity index (χ2n) is 5.64. The molecule has 1 aliphatic heterocycles. The first-order valence-electron chi connectivity index (χ1n) is 7.11. The summed E-state index contributed by atoms with van der Waals surface area (Å²) >= 11 is 0. The molecule has 2 heterocycles. The third-order valence-electron chi connectivity index (χ3n) is 4.04. The fourth-order valence-electron chi connectivity index (χ4n) is 2.89. The molecule has 0 atom stereocenters. The molecule has 1 aliphatic rings. The number of fused-ring (bicyclic) bond motifs is 4. The Morgan fingerprint density at radius 1 is 1.20 bits per heavy atom. The topological polar surface area (TPSA) is 102 Å². The molecule has 25 heavy (non-hydrogen) atoms. The van der Waals surface area contributed by atoms with Crippen molar-refractivity contribution in [2.45, 2.75) is 4.90 Å². The van der Waals surface area contributed by atoms with Gasteiger partial charge in [0.1, 0.15) is 5.82 Å². The molecule has 2 aromatic carbocycles. The van der Waals surface area contributed by atoms with Crippen molar-refractivity contribution in [2.24, 2.45) is 5.16 Å². The second-order valence-corrected chi connectivity index (χ2v) is 7.65. The lowest BCUT2D eigenvalue weighted by Gasteiger charge is -2.06. The minimum absolute atomic E-state index is 0.0175. The van der Waals surface area contributed by atoms with E-state index in [9.17, 15) is 22.8 Å². The van der Waals surface area contributed by atoms with Gasteiger partial charge < -0.3 is 5.21 Å². The molecular formula is C16H10FN3O4S. The molecule has 7 nitrogen and oxygen atoms in total. The van der Waals surface area contributed by atoms with Gasteiger partial charge in [0.15, 0.2) is 21.4 Å². The number of benzene rings is 2. The molecule has 126 valence electrons. The first kappa shape index (κ1) is 15.5. The zero-order valence-corrected chi connectivity index (χ0v) is 13.6. The Morgan fingerprint density at radius 3 is 2.64 bits per heavy atom. The maximum Gasteiger partial charge on any atom is 0.266 e. The van der Waals surface area contributed by atoms with Gasteiger partial charge in [-0.05, 0) is 30.3 Å². The van der Waals surface area contributed by atoms with Gasteiger partial charge in [0.2, 0.25) is 0 Å². The van der Waals surface area contributed by atoms with Crippen LogP contribution in [0.1, 0.15) is 11.4 Å². The van der Waals surface area contributed by atoms with E-state index in [1.165, 1.54) is 28.8 Å². The molecular weight excluding hydrogens is 349 g/mol. The standard InChI is InChI=1S/C16H10FN3O4S/c1-25(23,24)9-3-5-13-11(7-9)14(19-22)15-18-12-6-8(17)2-4-10(12)16(21)20(13)15/h2-7,22H,1H3/b19-14+. The van der Waals surface area contributed by atoms with E-state index < -0.39 is 21.2 Å². The van der Waals surface area contributed by atoms with E-state index in [2.05, 4.69) is 10.1 Å². The first-order valence-corrected chi connectivity index (χ1v) is 9.00. The summed E-state index contributed by atoms with van der Waals surface area (Å²) in [6.45, 7) is 0. The highest BCUT2D eigenvalue weighted by Crippen LogP contribution is 2.29. The maximum absolute atomic E-state index is 13.5. The summed E-state index contributed by atoms with van der Waals surface area (Å²) in [6, 6.07) is 7.72. The van der Waals surface area contributed by atoms with Crippen molar-refractivity contribution >= 4 is 26.5 Å². The third kappa shape index (κ3) is 2.16. The van der Waals surface area contributed by atoms with Crippen LogP contribution in [0.5, 0.6) is 0 Å². The second kappa shape index (κ2) is 4.96.